The normalized spacial score (nSPS) is 14.7. The Hall–Kier alpha value is -3.17. The molecule has 31 heavy (non-hydrogen) atoms. The van der Waals surface area contributed by atoms with E-state index in [1.54, 1.807) is 12.1 Å². The molecule has 2 aromatic heterocycles. The van der Waals surface area contributed by atoms with E-state index in [9.17, 15) is 22.4 Å². The summed E-state index contributed by atoms with van der Waals surface area (Å²) < 4.78 is 62.2. The van der Waals surface area contributed by atoms with Gasteiger partial charge in [0.2, 0.25) is 0 Å². The lowest BCUT2D eigenvalue weighted by molar-refractivity contribution is -0.142. The molecule has 1 fully saturated rings. The molecule has 0 saturated carbocycles. The van der Waals surface area contributed by atoms with Crippen molar-refractivity contribution in [2.75, 3.05) is 25.1 Å². The standard InChI is InChI=1S/C21H19F4N3O3/c1-30-17(29)6-12-10-28(11-12)20-18(26-9-15(27-20)2-4-21(23,24)25)14-7-13-3-5-31-19(13)16(22)8-14/h3,5,7-9,12H,2,4,6,10-11H2,1H3. The van der Waals surface area contributed by atoms with Gasteiger partial charge in [-0.3, -0.25) is 9.78 Å². The van der Waals surface area contributed by atoms with Gasteiger partial charge in [0.15, 0.2) is 17.2 Å². The van der Waals surface area contributed by atoms with Crippen molar-refractivity contribution in [3.8, 4) is 11.3 Å². The van der Waals surface area contributed by atoms with Gasteiger partial charge >= 0.3 is 12.1 Å². The zero-order valence-electron chi connectivity index (χ0n) is 16.6. The number of methoxy groups -OCH3 is 1. The molecule has 10 heteroatoms. The Morgan fingerprint density at radius 3 is 2.81 bits per heavy atom. The third kappa shape index (κ3) is 4.62. The number of ether oxygens (including phenoxy) is 1. The minimum atomic E-state index is -4.31. The highest BCUT2D eigenvalue weighted by molar-refractivity contribution is 5.85. The van der Waals surface area contributed by atoms with Gasteiger partial charge in [0.1, 0.15) is 5.69 Å². The predicted octanol–water partition coefficient (Wildman–Crippen LogP) is 4.52. The van der Waals surface area contributed by atoms with Gasteiger partial charge in [0, 0.05) is 42.6 Å². The van der Waals surface area contributed by atoms with Crippen LogP contribution in [0.1, 0.15) is 18.5 Å². The number of alkyl halides is 3. The molecule has 3 heterocycles. The number of benzene rings is 1. The average molecular weight is 437 g/mol. The van der Waals surface area contributed by atoms with E-state index in [0.717, 1.165) is 0 Å². The van der Waals surface area contributed by atoms with Crippen LogP contribution in [0.3, 0.4) is 0 Å². The van der Waals surface area contributed by atoms with Gasteiger partial charge in [-0.2, -0.15) is 13.2 Å². The first-order valence-electron chi connectivity index (χ1n) is 9.65. The molecule has 0 amide bonds. The van der Waals surface area contributed by atoms with Crippen LogP contribution in [0.2, 0.25) is 0 Å². The van der Waals surface area contributed by atoms with E-state index >= 15 is 0 Å². The predicted molar refractivity (Wildman–Crippen MR) is 104 cm³/mol. The molecule has 0 aliphatic carbocycles. The van der Waals surface area contributed by atoms with Gasteiger partial charge in [-0.05, 0) is 24.6 Å². The Bertz CT molecular complexity index is 1110. The maximum Gasteiger partial charge on any atom is 0.389 e. The first-order valence-corrected chi connectivity index (χ1v) is 9.65. The minimum absolute atomic E-state index is 0.0361. The zero-order chi connectivity index (χ0) is 22.2. The fourth-order valence-electron chi connectivity index (χ4n) is 3.59. The molecule has 1 aliphatic heterocycles. The van der Waals surface area contributed by atoms with Crippen LogP contribution in [0, 0.1) is 11.7 Å². The summed E-state index contributed by atoms with van der Waals surface area (Å²) >= 11 is 0. The van der Waals surface area contributed by atoms with Gasteiger partial charge in [-0.15, -0.1) is 0 Å². The van der Waals surface area contributed by atoms with Crippen LogP contribution in [0.25, 0.3) is 22.2 Å². The fraction of sp³-hybridized carbons (Fsp3) is 0.381. The highest BCUT2D eigenvalue weighted by atomic mass is 19.4. The number of anilines is 1. The molecular formula is C21H19F4N3O3. The number of esters is 1. The minimum Gasteiger partial charge on any atom is -0.469 e. The highest BCUT2D eigenvalue weighted by Gasteiger charge is 2.33. The average Bonchev–Trinajstić information content (AvgIpc) is 3.17. The first-order chi connectivity index (χ1) is 14.7. The van der Waals surface area contributed by atoms with Gasteiger partial charge in [-0.1, -0.05) is 0 Å². The quantitative estimate of drug-likeness (QED) is 0.417. The number of carbonyl (C=O) groups excluding carboxylic acids is 1. The number of hydrogen-bond donors (Lipinski definition) is 0. The molecule has 0 unspecified atom stereocenters. The van der Waals surface area contributed by atoms with Crippen LogP contribution in [0.4, 0.5) is 23.4 Å². The number of carbonyl (C=O) groups is 1. The van der Waals surface area contributed by atoms with Crippen LogP contribution >= 0.6 is 0 Å². The Balaban J connectivity index is 1.66. The van der Waals surface area contributed by atoms with E-state index in [-0.39, 0.29) is 36.0 Å². The lowest BCUT2D eigenvalue weighted by atomic mass is 9.95. The number of furan rings is 1. The number of nitrogens with zero attached hydrogens (tertiary/aromatic N) is 3. The molecule has 0 N–H and O–H groups in total. The van der Waals surface area contributed by atoms with Gasteiger partial charge in [0.25, 0.3) is 0 Å². The van der Waals surface area contributed by atoms with Crippen molar-refractivity contribution >= 4 is 22.8 Å². The number of aromatic nitrogens is 2. The van der Waals surface area contributed by atoms with Crippen molar-refractivity contribution in [1.29, 1.82) is 0 Å². The van der Waals surface area contributed by atoms with E-state index in [2.05, 4.69) is 14.7 Å². The summed E-state index contributed by atoms with van der Waals surface area (Å²) in [7, 11) is 1.31. The summed E-state index contributed by atoms with van der Waals surface area (Å²) in [4.78, 5) is 22.0. The molecular weight excluding hydrogens is 418 g/mol. The lowest BCUT2D eigenvalue weighted by Crippen LogP contribution is -2.48. The number of rotatable bonds is 6. The molecule has 0 atom stereocenters. The van der Waals surface area contributed by atoms with E-state index < -0.39 is 18.4 Å². The molecule has 0 bridgehead atoms. The van der Waals surface area contributed by atoms with Crippen molar-refractivity contribution in [3.63, 3.8) is 0 Å². The van der Waals surface area contributed by atoms with Gasteiger partial charge in [0.05, 0.1) is 25.5 Å². The number of hydrogen-bond acceptors (Lipinski definition) is 6. The monoisotopic (exact) mass is 437 g/mol. The van der Waals surface area contributed by atoms with Gasteiger partial charge < -0.3 is 14.1 Å². The third-order valence-corrected chi connectivity index (χ3v) is 5.19. The molecule has 0 radical (unpaired) electrons. The van der Waals surface area contributed by atoms with Crippen molar-refractivity contribution in [2.24, 2.45) is 5.92 Å². The van der Waals surface area contributed by atoms with E-state index in [0.29, 0.717) is 35.6 Å². The first kappa shape index (κ1) is 21.1. The Morgan fingerprint density at radius 1 is 1.32 bits per heavy atom. The molecule has 4 rings (SSSR count). The van der Waals surface area contributed by atoms with Crippen molar-refractivity contribution < 1.29 is 31.5 Å². The number of fused-ring (bicyclic) bond motifs is 1. The maximum absolute atomic E-state index is 14.4. The molecule has 164 valence electrons. The Labute approximate surface area is 174 Å². The summed E-state index contributed by atoms with van der Waals surface area (Å²) in [5.74, 6) is -0.502. The summed E-state index contributed by atoms with van der Waals surface area (Å²) in [6.07, 6.45) is -2.73. The highest BCUT2D eigenvalue weighted by Crippen LogP contribution is 2.35. The van der Waals surface area contributed by atoms with Crippen LogP contribution in [-0.4, -0.2) is 42.3 Å². The summed E-state index contributed by atoms with van der Waals surface area (Å²) in [6.45, 7) is 0.936. The van der Waals surface area contributed by atoms with Crippen molar-refractivity contribution in [3.05, 3.63) is 42.2 Å². The smallest absolute Gasteiger partial charge is 0.389 e. The fourth-order valence-corrected chi connectivity index (χ4v) is 3.59. The summed E-state index contributed by atoms with van der Waals surface area (Å²) in [5.41, 5.74) is 1.10. The summed E-state index contributed by atoms with van der Waals surface area (Å²) in [6, 6.07) is 4.57. The zero-order valence-corrected chi connectivity index (χ0v) is 16.6. The molecule has 0 spiro atoms. The molecule has 3 aromatic rings. The second-order valence-corrected chi connectivity index (χ2v) is 7.50. The number of halogens is 4. The Morgan fingerprint density at radius 2 is 2.10 bits per heavy atom. The van der Waals surface area contributed by atoms with Crippen LogP contribution in [0.5, 0.6) is 0 Å². The van der Waals surface area contributed by atoms with Crippen molar-refractivity contribution in [1.82, 2.24) is 9.97 Å². The second kappa shape index (κ2) is 8.16. The maximum atomic E-state index is 14.4. The molecule has 1 aromatic carbocycles. The van der Waals surface area contributed by atoms with Crippen LogP contribution in [0.15, 0.2) is 35.1 Å². The molecule has 6 nitrogen and oxygen atoms in total. The second-order valence-electron chi connectivity index (χ2n) is 7.50. The summed E-state index contributed by atoms with van der Waals surface area (Å²) in [5, 5.41) is 0.538. The SMILES string of the molecule is COC(=O)CC1CN(c2nc(CCC(F)(F)F)cnc2-c2cc(F)c3occc3c2)C1. The molecule has 1 aliphatic rings. The number of aryl methyl sites for hydroxylation is 1. The topological polar surface area (TPSA) is 68.5 Å². The van der Waals surface area contributed by atoms with Crippen LogP contribution in [-0.2, 0) is 16.0 Å². The molecule has 1 saturated heterocycles. The largest absolute Gasteiger partial charge is 0.469 e. The van der Waals surface area contributed by atoms with Gasteiger partial charge in [-0.25, -0.2) is 9.37 Å². The Kier molecular flexibility index (Phi) is 5.55. The van der Waals surface area contributed by atoms with Crippen molar-refractivity contribution in [2.45, 2.75) is 25.4 Å². The van der Waals surface area contributed by atoms with E-state index in [1.165, 1.54) is 25.6 Å². The van der Waals surface area contributed by atoms with E-state index in [1.807, 2.05) is 4.90 Å². The van der Waals surface area contributed by atoms with E-state index in [4.69, 9.17) is 4.42 Å². The third-order valence-electron chi connectivity index (χ3n) is 5.19. The van der Waals surface area contributed by atoms with Crippen LogP contribution < -0.4 is 4.90 Å². The lowest BCUT2D eigenvalue weighted by Gasteiger charge is -2.40.